The van der Waals surface area contributed by atoms with E-state index in [0.717, 1.165) is 5.69 Å². The Balaban J connectivity index is 1.60. The third-order valence-electron chi connectivity index (χ3n) is 3.49. The van der Waals surface area contributed by atoms with Crippen LogP contribution < -0.4 is 5.32 Å². The van der Waals surface area contributed by atoms with E-state index < -0.39 is 0 Å². The molecule has 0 radical (unpaired) electrons. The highest BCUT2D eigenvalue weighted by Crippen LogP contribution is 2.15. The van der Waals surface area contributed by atoms with Crippen molar-refractivity contribution in [2.45, 2.75) is 32.1 Å². The maximum atomic E-state index is 12.2. The van der Waals surface area contributed by atoms with Crippen molar-refractivity contribution in [2.24, 2.45) is 0 Å². The molecule has 1 saturated heterocycles. The number of rotatable bonds is 5. The molecule has 2 aromatic rings. The molecular weight excluding hydrogens is 306 g/mol. The van der Waals surface area contributed by atoms with Crippen molar-refractivity contribution in [2.75, 3.05) is 13.2 Å². The van der Waals surface area contributed by atoms with Gasteiger partial charge in [0.2, 0.25) is 0 Å². The molecule has 3 heterocycles. The SMILES string of the molecule is Cc1n[nH]nc1C(=O)N[C@@H]1CCOC[C@H]1OCc1cscn1. The lowest BCUT2D eigenvalue weighted by Crippen LogP contribution is -2.50. The minimum absolute atomic E-state index is 0.115. The average Bonchev–Trinajstić information content (AvgIpc) is 3.17. The van der Waals surface area contributed by atoms with Crippen LogP contribution in [0.4, 0.5) is 0 Å². The number of nitrogens with zero attached hydrogens (tertiary/aromatic N) is 3. The Bertz CT molecular complexity index is 615. The molecule has 0 bridgehead atoms. The van der Waals surface area contributed by atoms with Gasteiger partial charge in [0.05, 0.1) is 36.2 Å². The monoisotopic (exact) mass is 323 g/mol. The zero-order valence-electron chi connectivity index (χ0n) is 12.1. The quantitative estimate of drug-likeness (QED) is 0.838. The number of ether oxygens (including phenoxy) is 2. The number of carbonyl (C=O) groups is 1. The van der Waals surface area contributed by atoms with E-state index in [-0.39, 0.29) is 18.1 Å². The summed E-state index contributed by atoms with van der Waals surface area (Å²) < 4.78 is 11.3. The molecule has 0 aliphatic carbocycles. The van der Waals surface area contributed by atoms with Crippen LogP contribution in [0.3, 0.4) is 0 Å². The zero-order valence-corrected chi connectivity index (χ0v) is 12.9. The van der Waals surface area contributed by atoms with Gasteiger partial charge in [0.25, 0.3) is 5.91 Å². The predicted octanol–water partition coefficient (Wildman–Crippen LogP) is 0.674. The Morgan fingerprint density at radius 2 is 2.50 bits per heavy atom. The van der Waals surface area contributed by atoms with Crippen molar-refractivity contribution in [3.05, 3.63) is 28.0 Å². The summed E-state index contributed by atoms with van der Waals surface area (Å²) in [4.78, 5) is 16.4. The van der Waals surface area contributed by atoms with Crippen LogP contribution in [0, 0.1) is 6.92 Å². The summed E-state index contributed by atoms with van der Waals surface area (Å²) in [7, 11) is 0. The number of hydrogen-bond acceptors (Lipinski definition) is 7. The van der Waals surface area contributed by atoms with Crippen molar-refractivity contribution in [1.29, 1.82) is 0 Å². The molecule has 3 rings (SSSR count). The predicted molar refractivity (Wildman–Crippen MR) is 78.5 cm³/mol. The molecule has 1 aliphatic rings. The van der Waals surface area contributed by atoms with Gasteiger partial charge in [0.15, 0.2) is 5.69 Å². The highest BCUT2D eigenvalue weighted by Gasteiger charge is 2.29. The molecule has 118 valence electrons. The van der Waals surface area contributed by atoms with Gasteiger partial charge >= 0.3 is 0 Å². The van der Waals surface area contributed by atoms with Crippen LogP contribution in [0.1, 0.15) is 28.3 Å². The van der Waals surface area contributed by atoms with E-state index in [9.17, 15) is 4.79 Å². The summed E-state index contributed by atoms with van der Waals surface area (Å²) in [5, 5.41) is 15.1. The van der Waals surface area contributed by atoms with Gasteiger partial charge in [-0.3, -0.25) is 4.79 Å². The summed E-state index contributed by atoms with van der Waals surface area (Å²) in [6.07, 6.45) is 0.497. The molecule has 2 N–H and O–H groups in total. The number of H-pyrrole nitrogens is 1. The zero-order chi connectivity index (χ0) is 15.4. The molecule has 1 fully saturated rings. The Morgan fingerprint density at radius 1 is 1.59 bits per heavy atom. The van der Waals surface area contributed by atoms with Crippen LogP contribution in [0.15, 0.2) is 10.9 Å². The van der Waals surface area contributed by atoms with Crippen LogP contribution in [0.5, 0.6) is 0 Å². The molecule has 8 nitrogen and oxygen atoms in total. The summed E-state index contributed by atoms with van der Waals surface area (Å²) in [5.41, 5.74) is 3.53. The lowest BCUT2D eigenvalue weighted by molar-refractivity contribution is -0.0742. The summed E-state index contributed by atoms with van der Waals surface area (Å²) in [6.45, 7) is 3.19. The second-order valence-electron chi connectivity index (χ2n) is 5.03. The largest absolute Gasteiger partial charge is 0.379 e. The standard InChI is InChI=1S/C13H17N5O3S/c1-8-12(17-18-16-8)13(19)15-10-2-3-20-5-11(10)21-4-9-6-22-7-14-9/h6-7,10-11H,2-5H2,1H3,(H,15,19)(H,16,17,18)/t10-,11-/m1/s1. The number of aryl methyl sites for hydroxylation is 1. The number of carbonyl (C=O) groups excluding carboxylic acids is 1. The van der Waals surface area contributed by atoms with E-state index in [1.807, 2.05) is 5.38 Å². The van der Waals surface area contributed by atoms with Crippen molar-refractivity contribution in [3.63, 3.8) is 0 Å². The molecule has 0 spiro atoms. The smallest absolute Gasteiger partial charge is 0.274 e. The highest BCUT2D eigenvalue weighted by atomic mass is 32.1. The number of thiazole rings is 1. The van der Waals surface area contributed by atoms with E-state index in [1.165, 1.54) is 11.3 Å². The van der Waals surface area contributed by atoms with Crippen molar-refractivity contribution in [1.82, 2.24) is 25.7 Å². The first-order valence-electron chi connectivity index (χ1n) is 6.98. The lowest BCUT2D eigenvalue weighted by atomic mass is 10.1. The van der Waals surface area contributed by atoms with E-state index >= 15 is 0 Å². The van der Waals surface area contributed by atoms with Gasteiger partial charge in [-0.2, -0.15) is 15.4 Å². The minimum atomic E-state index is -0.250. The molecule has 0 aromatic carbocycles. The Kier molecular flexibility index (Phi) is 4.76. The van der Waals surface area contributed by atoms with E-state index in [0.29, 0.717) is 37.6 Å². The molecule has 1 amide bonds. The third kappa shape index (κ3) is 3.49. The normalized spacial score (nSPS) is 21.7. The Hall–Kier alpha value is -1.84. The third-order valence-corrected chi connectivity index (χ3v) is 4.12. The van der Waals surface area contributed by atoms with Crippen LogP contribution in [0.2, 0.25) is 0 Å². The number of aromatic amines is 1. The fourth-order valence-electron chi connectivity index (χ4n) is 2.28. The second-order valence-corrected chi connectivity index (χ2v) is 5.75. The first-order valence-corrected chi connectivity index (χ1v) is 7.93. The molecule has 22 heavy (non-hydrogen) atoms. The van der Waals surface area contributed by atoms with E-state index in [4.69, 9.17) is 9.47 Å². The molecular formula is C13H17N5O3S. The van der Waals surface area contributed by atoms with Gasteiger partial charge in [-0.1, -0.05) is 0 Å². The Labute approximate surface area is 131 Å². The van der Waals surface area contributed by atoms with Crippen molar-refractivity contribution >= 4 is 17.2 Å². The van der Waals surface area contributed by atoms with E-state index in [1.54, 1.807) is 12.4 Å². The second kappa shape index (κ2) is 6.95. The molecule has 0 saturated carbocycles. The molecule has 1 aliphatic heterocycles. The summed E-state index contributed by atoms with van der Waals surface area (Å²) >= 11 is 1.53. The molecule has 0 unspecified atom stereocenters. The van der Waals surface area contributed by atoms with Crippen LogP contribution in [-0.2, 0) is 16.1 Å². The van der Waals surface area contributed by atoms with Crippen LogP contribution in [0.25, 0.3) is 0 Å². The van der Waals surface area contributed by atoms with Gasteiger partial charge in [0, 0.05) is 12.0 Å². The molecule has 2 atom stereocenters. The first kappa shape index (κ1) is 15.1. The van der Waals surface area contributed by atoms with Crippen LogP contribution in [-0.4, -0.2) is 51.7 Å². The topological polar surface area (TPSA) is 102 Å². The minimum Gasteiger partial charge on any atom is -0.379 e. The van der Waals surface area contributed by atoms with Gasteiger partial charge in [0.1, 0.15) is 6.10 Å². The number of nitrogens with one attached hydrogen (secondary N) is 2. The molecule has 2 aromatic heterocycles. The van der Waals surface area contributed by atoms with Crippen LogP contribution >= 0.6 is 11.3 Å². The maximum absolute atomic E-state index is 12.2. The lowest BCUT2D eigenvalue weighted by Gasteiger charge is -2.31. The van der Waals surface area contributed by atoms with E-state index in [2.05, 4.69) is 25.7 Å². The van der Waals surface area contributed by atoms with Crippen molar-refractivity contribution < 1.29 is 14.3 Å². The van der Waals surface area contributed by atoms with Crippen molar-refractivity contribution in [3.8, 4) is 0 Å². The Morgan fingerprint density at radius 3 is 3.23 bits per heavy atom. The number of hydrogen-bond donors (Lipinski definition) is 2. The maximum Gasteiger partial charge on any atom is 0.274 e. The van der Waals surface area contributed by atoms with Gasteiger partial charge in [-0.15, -0.1) is 11.3 Å². The van der Waals surface area contributed by atoms with Gasteiger partial charge in [-0.05, 0) is 13.3 Å². The fraction of sp³-hybridized carbons (Fsp3) is 0.538. The first-order chi connectivity index (χ1) is 10.7. The van der Waals surface area contributed by atoms with Gasteiger partial charge in [-0.25, -0.2) is 4.98 Å². The fourth-order valence-corrected chi connectivity index (χ4v) is 2.82. The molecule has 9 heteroatoms. The van der Waals surface area contributed by atoms with Gasteiger partial charge < -0.3 is 14.8 Å². The summed E-state index contributed by atoms with van der Waals surface area (Å²) in [5.74, 6) is -0.250. The number of aromatic nitrogens is 4. The summed E-state index contributed by atoms with van der Waals surface area (Å²) in [6, 6.07) is -0.115. The number of amides is 1. The average molecular weight is 323 g/mol. The highest BCUT2D eigenvalue weighted by molar-refractivity contribution is 7.07.